The van der Waals surface area contributed by atoms with E-state index in [-0.39, 0.29) is 5.75 Å². The topological polar surface area (TPSA) is 85.4 Å². The normalized spacial score (nSPS) is 11.1. The number of nitrogens with zero attached hydrogens (tertiary/aromatic N) is 1. The molecule has 1 aromatic carbocycles. The molecule has 0 atom stereocenters. The Morgan fingerprint density at radius 3 is 2.46 bits per heavy atom. The van der Waals surface area contributed by atoms with Crippen LogP contribution in [-0.4, -0.2) is 32.2 Å². The number of carbonyl (C=O) groups is 1. The smallest absolute Gasteiger partial charge is 0.341 e. The molecule has 24 heavy (non-hydrogen) atoms. The number of pyridine rings is 1. The second kappa shape index (κ2) is 7.92. The molecular formula is C17H20N2O4S. The molecule has 6 nitrogen and oxygen atoms in total. The molecule has 0 fully saturated rings. The molecule has 0 amide bonds. The molecule has 128 valence electrons. The minimum absolute atomic E-state index is 0.0218. The van der Waals surface area contributed by atoms with Crippen LogP contribution in [0.25, 0.3) is 0 Å². The fraction of sp³-hybridized carbons (Fsp3) is 0.294. The molecule has 7 heteroatoms. The van der Waals surface area contributed by atoms with Crippen LogP contribution in [0.5, 0.6) is 0 Å². The Labute approximate surface area is 141 Å². The monoisotopic (exact) mass is 348 g/mol. The van der Waals surface area contributed by atoms with Gasteiger partial charge in [0.1, 0.15) is 11.4 Å². The number of carbonyl (C=O) groups excluding carboxylic acids is 1. The summed E-state index contributed by atoms with van der Waals surface area (Å²) < 4.78 is 27.6. The molecule has 1 aromatic heterocycles. The molecule has 0 spiro atoms. The fourth-order valence-corrected chi connectivity index (χ4v) is 2.96. The molecule has 0 unspecified atom stereocenters. The van der Waals surface area contributed by atoms with E-state index in [0.717, 1.165) is 11.1 Å². The second-order valence-electron chi connectivity index (χ2n) is 5.36. The van der Waals surface area contributed by atoms with Gasteiger partial charge in [0.25, 0.3) is 0 Å². The maximum atomic E-state index is 11.9. The summed E-state index contributed by atoms with van der Waals surface area (Å²) in [7, 11) is -3.04. The lowest BCUT2D eigenvalue weighted by Crippen LogP contribution is -2.11. The summed E-state index contributed by atoms with van der Waals surface area (Å²) in [5.41, 5.74) is 2.08. The molecule has 0 aliphatic carbocycles. The van der Waals surface area contributed by atoms with Crippen molar-refractivity contribution >= 4 is 21.6 Å². The van der Waals surface area contributed by atoms with E-state index in [9.17, 15) is 13.2 Å². The van der Waals surface area contributed by atoms with Gasteiger partial charge in [0.15, 0.2) is 9.84 Å². The van der Waals surface area contributed by atoms with Crippen LogP contribution in [-0.2, 0) is 26.9 Å². The molecule has 0 saturated carbocycles. The van der Waals surface area contributed by atoms with Crippen molar-refractivity contribution in [1.29, 1.82) is 0 Å². The summed E-state index contributed by atoms with van der Waals surface area (Å²) >= 11 is 0. The summed E-state index contributed by atoms with van der Waals surface area (Å²) in [5, 5.41) is 3.11. The number of rotatable bonds is 7. The van der Waals surface area contributed by atoms with Gasteiger partial charge in [-0.1, -0.05) is 24.3 Å². The van der Waals surface area contributed by atoms with Crippen LogP contribution in [0.15, 0.2) is 42.6 Å². The number of aromatic nitrogens is 1. The lowest BCUT2D eigenvalue weighted by atomic mass is 10.1. The van der Waals surface area contributed by atoms with Crippen LogP contribution < -0.4 is 5.32 Å². The highest BCUT2D eigenvalue weighted by atomic mass is 32.2. The molecule has 2 aromatic rings. The van der Waals surface area contributed by atoms with Gasteiger partial charge in [-0.3, -0.25) is 0 Å². The van der Waals surface area contributed by atoms with Crippen LogP contribution in [0.3, 0.4) is 0 Å². The summed E-state index contributed by atoms with van der Waals surface area (Å²) in [4.78, 5) is 16.1. The third kappa shape index (κ3) is 5.34. The Balaban J connectivity index is 2.05. The molecule has 0 saturated heterocycles. The number of hydrogen-bond acceptors (Lipinski definition) is 6. The molecular weight excluding hydrogens is 328 g/mol. The molecule has 1 N–H and O–H groups in total. The fourth-order valence-electron chi connectivity index (χ4n) is 2.16. The number of sulfone groups is 1. The van der Waals surface area contributed by atoms with E-state index in [1.54, 1.807) is 37.4 Å². The third-order valence-electron chi connectivity index (χ3n) is 3.21. The average molecular weight is 348 g/mol. The first kappa shape index (κ1) is 17.9. The maximum Gasteiger partial charge on any atom is 0.341 e. The van der Waals surface area contributed by atoms with E-state index in [1.165, 1.54) is 6.26 Å². The Bertz CT molecular complexity index is 802. The zero-order chi connectivity index (χ0) is 17.6. The van der Waals surface area contributed by atoms with Gasteiger partial charge in [0.2, 0.25) is 0 Å². The van der Waals surface area contributed by atoms with Crippen molar-refractivity contribution < 1.29 is 17.9 Å². The Hall–Kier alpha value is -2.41. The number of hydrogen-bond donors (Lipinski definition) is 1. The zero-order valence-corrected chi connectivity index (χ0v) is 14.5. The number of nitrogens with one attached hydrogen (secondary N) is 1. The van der Waals surface area contributed by atoms with Crippen molar-refractivity contribution in [3.8, 4) is 0 Å². The molecule has 2 rings (SSSR count). The van der Waals surface area contributed by atoms with E-state index in [2.05, 4.69) is 10.3 Å². The Morgan fingerprint density at radius 2 is 1.83 bits per heavy atom. The van der Waals surface area contributed by atoms with Gasteiger partial charge < -0.3 is 10.1 Å². The summed E-state index contributed by atoms with van der Waals surface area (Å²) in [6.07, 6.45) is 2.81. The highest BCUT2D eigenvalue weighted by Gasteiger charge is 2.13. The predicted octanol–water partition coefficient (Wildman–Crippen LogP) is 2.42. The Kier molecular flexibility index (Phi) is 5.92. The third-order valence-corrected chi connectivity index (χ3v) is 4.07. The van der Waals surface area contributed by atoms with Gasteiger partial charge in [-0.25, -0.2) is 18.2 Å². The second-order valence-corrected chi connectivity index (χ2v) is 7.50. The van der Waals surface area contributed by atoms with Crippen LogP contribution in [0.4, 0.5) is 5.82 Å². The lowest BCUT2D eigenvalue weighted by molar-refractivity contribution is 0.0527. The summed E-state index contributed by atoms with van der Waals surface area (Å²) in [6.45, 7) is 2.51. The van der Waals surface area contributed by atoms with Gasteiger partial charge in [0, 0.05) is 19.0 Å². The molecule has 0 aliphatic heterocycles. The van der Waals surface area contributed by atoms with E-state index >= 15 is 0 Å². The van der Waals surface area contributed by atoms with Crippen molar-refractivity contribution in [2.24, 2.45) is 0 Å². The van der Waals surface area contributed by atoms with E-state index in [4.69, 9.17) is 4.74 Å². The van der Waals surface area contributed by atoms with E-state index in [0.29, 0.717) is 24.5 Å². The first-order valence-electron chi connectivity index (χ1n) is 7.50. The molecule has 0 radical (unpaired) electrons. The quantitative estimate of drug-likeness (QED) is 0.774. The van der Waals surface area contributed by atoms with Crippen molar-refractivity contribution in [2.75, 3.05) is 18.2 Å². The van der Waals surface area contributed by atoms with Crippen LogP contribution >= 0.6 is 0 Å². The van der Waals surface area contributed by atoms with E-state index < -0.39 is 15.8 Å². The number of ether oxygens (including phenoxy) is 1. The predicted molar refractivity (Wildman–Crippen MR) is 92.5 cm³/mol. The Morgan fingerprint density at radius 1 is 1.17 bits per heavy atom. The van der Waals surface area contributed by atoms with Crippen LogP contribution in [0.1, 0.15) is 28.4 Å². The average Bonchev–Trinajstić information content (AvgIpc) is 2.53. The van der Waals surface area contributed by atoms with Gasteiger partial charge >= 0.3 is 5.97 Å². The largest absolute Gasteiger partial charge is 0.462 e. The molecule has 0 bridgehead atoms. The number of benzene rings is 1. The molecule has 1 heterocycles. The summed E-state index contributed by atoms with van der Waals surface area (Å²) in [6, 6.07) is 10.6. The van der Waals surface area contributed by atoms with Gasteiger partial charge in [-0.2, -0.15) is 0 Å². The highest BCUT2D eigenvalue weighted by molar-refractivity contribution is 7.89. The highest BCUT2D eigenvalue weighted by Crippen LogP contribution is 2.15. The first-order valence-corrected chi connectivity index (χ1v) is 9.56. The van der Waals surface area contributed by atoms with E-state index in [1.807, 2.05) is 12.1 Å². The minimum Gasteiger partial charge on any atom is -0.462 e. The van der Waals surface area contributed by atoms with Crippen molar-refractivity contribution in [1.82, 2.24) is 4.98 Å². The lowest BCUT2D eigenvalue weighted by Gasteiger charge is -2.10. The van der Waals surface area contributed by atoms with Crippen LogP contribution in [0, 0.1) is 0 Å². The van der Waals surface area contributed by atoms with Gasteiger partial charge in [0.05, 0.1) is 12.4 Å². The number of anilines is 1. The van der Waals surface area contributed by atoms with Crippen molar-refractivity contribution in [3.05, 3.63) is 59.3 Å². The SMILES string of the molecule is CCOC(=O)c1cccnc1NCc1ccc(CS(C)(=O)=O)cc1. The van der Waals surface area contributed by atoms with Crippen LogP contribution in [0.2, 0.25) is 0 Å². The maximum absolute atomic E-state index is 11.9. The molecule has 0 aliphatic rings. The number of esters is 1. The minimum atomic E-state index is -3.04. The van der Waals surface area contributed by atoms with Gasteiger partial charge in [-0.05, 0) is 30.2 Å². The summed E-state index contributed by atoms with van der Waals surface area (Å²) in [5.74, 6) is 0.0567. The van der Waals surface area contributed by atoms with Crippen molar-refractivity contribution in [2.45, 2.75) is 19.2 Å². The van der Waals surface area contributed by atoms with Gasteiger partial charge in [-0.15, -0.1) is 0 Å². The standard InChI is InChI=1S/C17H20N2O4S/c1-3-23-17(20)15-5-4-10-18-16(15)19-11-13-6-8-14(9-7-13)12-24(2,21)22/h4-10H,3,11-12H2,1-2H3,(H,18,19). The van der Waals surface area contributed by atoms with Crippen molar-refractivity contribution in [3.63, 3.8) is 0 Å². The first-order chi connectivity index (χ1) is 11.4. The zero-order valence-electron chi connectivity index (χ0n) is 13.7.